The molecule has 0 fully saturated rings. The molecule has 0 aromatic carbocycles. The molecule has 0 spiro atoms. The Morgan fingerprint density at radius 2 is 2.33 bits per heavy atom. The van der Waals surface area contributed by atoms with Crippen molar-refractivity contribution >= 4 is 28.0 Å². The van der Waals surface area contributed by atoms with Crippen LogP contribution in [0.25, 0.3) is 0 Å². The van der Waals surface area contributed by atoms with Gasteiger partial charge in [-0.05, 0) is 26.0 Å². The third-order valence-electron chi connectivity index (χ3n) is 2.03. The molecular weight excluding hydrogens is 226 g/mol. The molecule has 15 heavy (non-hydrogen) atoms. The fraction of sp³-hybridized carbons (Fsp3) is 0.400. The molecule has 1 N–H and O–H groups in total. The first-order valence-electron chi connectivity index (χ1n) is 4.82. The molecule has 2 rings (SSSR count). The first-order chi connectivity index (χ1) is 7.24. The number of rotatable bonds is 4. The van der Waals surface area contributed by atoms with Crippen molar-refractivity contribution in [3.63, 3.8) is 0 Å². The van der Waals surface area contributed by atoms with Crippen molar-refractivity contribution in [1.29, 1.82) is 0 Å². The van der Waals surface area contributed by atoms with Crippen molar-refractivity contribution in [3.05, 3.63) is 28.2 Å². The van der Waals surface area contributed by atoms with E-state index in [-0.39, 0.29) is 0 Å². The Kier molecular flexibility index (Phi) is 3.33. The molecule has 0 bridgehead atoms. The van der Waals surface area contributed by atoms with Gasteiger partial charge in [-0.3, -0.25) is 0 Å². The smallest absolute Gasteiger partial charge is 0.202 e. The highest BCUT2D eigenvalue weighted by molar-refractivity contribution is 7.11. The summed E-state index contributed by atoms with van der Waals surface area (Å²) in [4.78, 5) is 6.89. The third kappa shape index (κ3) is 3.00. The Hall–Kier alpha value is -0.940. The van der Waals surface area contributed by atoms with Gasteiger partial charge in [0.25, 0.3) is 0 Å². The molecule has 3 nitrogen and oxygen atoms in total. The van der Waals surface area contributed by atoms with Gasteiger partial charge in [-0.15, -0.1) is 11.3 Å². The van der Waals surface area contributed by atoms with Crippen LogP contribution in [-0.2, 0) is 6.42 Å². The summed E-state index contributed by atoms with van der Waals surface area (Å²) >= 11 is 3.25. The second kappa shape index (κ2) is 4.72. The van der Waals surface area contributed by atoms with Crippen LogP contribution in [-0.4, -0.2) is 15.4 Å². The van der Waals surface area contributed by atoms with Gasteiger partial charge >= 0.3 is 0 Å². The van der Waals surface area contributed by atoms with E-state index in [9.17, 15) is 0 Å². The van der Waals surface area contributed by atoms with Crippen LogP contribution in [0.5, 0.6) is 0 Å². The molecule has 0 saturated carbocycles. The molecule has 0 aliphatic carbocycles. The Bertz CT molecular complexity index is 408. The zero-order chi connectivity index (χ0) is 10.7. The first-order valence-corrected chi connectivity index (χ1v) is 6.41. The van der Waals surface area contributed by atoms with E-state index in [4.69, 9.17) is 0 Å². The number of hydrogen-bond donors (Lipinski definition) is 1. The summed E-state index contributed by atoms with van der Waals surface area (Å²) in [5.41, 5.74) is 0. The van der Waals surface area contributed by atoms with E-state index in [1.54, 1.807) is 6.33 Å². The number of nitrogens with zero attached hydrogens (tertiary/aromatic N) is 2. The second-order valence-corrected chi connectivity index (χ2v) is 5.66. The van der Waals surface area contributed by atoms with Gasteiger partial charge < -0.3 is 5.32 Å². The quantitative estimate of drug-likeness (QED) is 0.891. The van der Waals surface area contributed by atoms with E-state index in [1.165, 1.54) is 21.3 Å². The summed E-state index contributed by atoms with van der Waals surface area (Å²) < 4.78 is 3.96. The van der Waals surface area contributed by atoms with E-state index in [2.05, 4.69) is 40.7 Å². The number of nitrogens with one attached hydrogen (secondary N) is 1. The third-order valence-corrected chi connectivity index (χ3v) is 3.65. The maximum absolute atomic E-state index is 4.10. The second-order valence-electron chi connectivity index (χ2n) is 3.51. The van der Waals surface area contributed by atoms with Gasteiger partial charge in [0.1, 0.15) is 6.33 Å². The van der Waals surface area contributed by atoms with Gasteiger partial charge in [0, 0.05) is 33.7 Å². The average Bonchev–Trinajstić information content (AvgIpc) is 2.77. The Morgan fingerprint density at radius 3 is 2.93 bits per heavy atom. The monoisotopic (exact) mass is 239 g/mol. The Balaban J connectivity index is 1.90. The van der Waals surface area contributed by atoms with Crippen molar-refractivity contribution < 1.29 is 0 Å². The van der Waals surface area contributed by atoms with E-state index >= 15 is 0 Å². The first kappa shape index (κ1) is 10.6. The normalized spacial score (nSPS) is 12.7. The average molecular weight is 239 g/mol. The number of anilines is 1. The van der Waals surface area contributed by atoms with Crippen molar-refractivity contribution in [2.24, 2.45) is 0 Å². The largest absolute Gasteiger partial charge is 0.357 e. The topological polar surface area (TPSA) is 37.8 Å². The molecule has 80 valence electrons. The predicted molar refractivity (Wildman–Crippen MR) is 65.8 cm³/mol. The minimum absolute atomic E-state index is 0.399. The lowest BCUT2D eigenvalue weighted by Gasteiger charge is -2.10. The SMILES string of the molecule is Cc1ccc(CC(C)Nc2ncns2)s1. The van der Waals surface area contributed by atoms with E-state index in [0.717, 1.165) is 11.6 Å². The molecule has 0 radical (unpaired) electrons. The van der Waals surface area contributed by atoms with Crippen LogP contribution >= 0.6 is 22.9 Å². The zero-order valence-corrected chi connectivity index (χ0v) is 10.4. The van der Waals surface area contributed by atoms with Crippen LogP contribution in [0.3, 0.4) is 0 Å². The molecule has 1 atom stereocenters. The summed E-state index contributed by atoms with van der Waals surface area (Å²) in [7, 11) is 0. The molecule has 1 unspecified atom stereocenters. The van der Waals surface area contributed by atoms with E-state index in [0.29, 0.717) is 6.04 Å². The van der Waals surface area contributed by atoms with Crippen LogP contribution in [0.1, 0.15) is 16.7 Å². The number of aromatic nitrogens is 2. The fourth-order valence-electron chi connectivity index (χ4n) is 1.40. The number of aryl methyl sites for hydroxylation is 1. The van der Waals surface area contributed by atoms with Crippen molar-refractivity contribution in [2.45, 2.75) is 26.3 Å². The lowest BCUT2D eigenvalue weighted by atomic mass is 10.2. The van der Waals surface area contributed by atoms with Crippen molar-refractivity contribution in [3.8, 4) is 0 Å². The molecule has 2 aromatic heterocycles. The molecule has 0 saturated heterocycles. The van der Waals surface area contributed by atoms with Crippen LogP contribution in [0.15, 0.2) is 18.5 Å². The summed E-state index contributed by atoms with van der Waals surface area (Å²) in [6, 6.07) is 4.76. The Labute approximate surface area is 97.4 Å². The number of thiophene rings is 1. The van der Waals surface area contributed by atoms with E-state index in [1.807, 2.05) is 11.3 Å². The maximum atomic E-state index is 4.10. The molecule has 2 aromatic rings. The highest BCUT2D eigenvalue weighted by Gasteiger charge is 2.06. The molecule has 5 heteroatoms. The highest BCUT2D eigenvalue weighted by atomic mass is 32.1. The standard InChI is InChI=1S/C10H13N3S2/c1-7(13-10-11-6-12-15-10)5-9-4-3-8(2)14-9/h3-4,6-7H,5H2,1-2H3,(H,11,12,13). The van der Waals surface area contributed by atoms with Gasteiger partial charge in [-0.2, -0.15) is 4.37 Å². The van der Waals surface area contributed by atoms with Gasteiger partial charge in [-0.1, -0.05) is 0 Å². The zero-order valence-electron chi connectivity index (χ0n) is 8.73. The van der Waals surface area contributed by atoms with Crippen LogP contribution in [0, 0.1) is 6.92 Å². The number of hydrogen-bond acceptors (Lipinski definition) is 5. The lowest BCUT2D eigenvalue weighted by Crippen LogP contribution is -2.17. The van der Waals surface area contributed by atoms with Crippen molar-refractivity contribution in [1.82, 2.24) is 9.36 Å². The van der Waals surface area contributed by atoms with Crippen LogP contribution in [0.4, 0.5) is 5.13 Å². The highest BCUT2D eigenvalue weighted by Crippen LogP contribution is 2.18. The van der Waals surface area contributed by atoms with Gasteiger partial charge in [0.05, 0.1) is 0 Å². The summed E-state index contributed by atoms with van der Waals surface area (Å²) in [5.74, 6) is 0. The Morgan fingerprint density at radius 1 is 1.47 bits per heavy atom. The predicted octanol–water partition coefficient (Wildman–Crippen LogP) is 2.95. The molecule has 0 aliphatic heterocycles. The molecular formula is C10H13N3S2. The van der Waals surface area contributed by atoms with Crippen molar-refractivity contribution in [2.75, 3.05) is 5.32 Å². The van der Waals surface area contributed by atoms with Gasteiger partial charge in [0.2, 0.25) is 5.13 Å². The van der Waals surface area contributed by atoms with E-state index < -0.39 is 0 Å². The summed E-state index contributed by atoms with van der Waals surface area (Å²) in [6.07, 6.45) is 2.62. The van der Waals surface area contributed by atoms with Crippen LogP contribution in [0.2, 0.25) is 0 Å². The summed E-state index contributed by atoms with van der Waals surface area (Å²) in [5, 5.41) is 4.23. The minimum atomic E-state index is 0.399. The molecule has 0 aliphatic rings. The minimum Gasteiger partial charge on any atom is -0.357 e. The lowest BCUT2D eigenvalue weighted by molar-refractivity contribution is 0.799. The van der Waals surface area contributed by atoms with Gasteiger partial charge in [0.15, 0.2) is 0 Å². The maximum Gasteiger partial charge on any atom is 0.202 e. The fourth-order valence-corrected chi connectivity index (χ4v) is 2.96. The molecule has 0 amide bonds. The summed E-state index contributed by atoms with van der Waals surface area (Å²) in [6.45, 7) is 4.30. The molecule has 2 heterocycles. The van der Waals surface area contributed by atoms with Crippen LogP contribution < -0.4 is 5.32 Å². The van der Waals surface area contributed by atoms with Gasteiger partial charge in [-0.25, -0.2) is 4.98 Å².